The highest BCUT2D eigenvalue weighted by Gasteiger charge is 2.05. The molecule has 0 bridgehead atoms. The van der Waals surface area contributed by atoms with Crippen molar-refractivity contribution in [1.29, 1.82) is 0 Å². The second-order valence-electron chi connectivity index (χ2n) is 3.49. The molecule has 2 N–H and O–H groups in total. The first-order chi connectivity index (χ1) is 5.70. The average Bonchev–Trinajstić information content (AvgIpc) is 2.51. The Morgan fingerprint density at radius 2 is 2.25 bits per heavy atom. The summed E-state index contributed by atoms with van der Waals surface area (Å²) in [4.78, 5) is 7.01. The van der Waals surface area contributed by atoms with Gasteiger partial charge < -0.3 is 10.3 Å². The van der Waals surface area contributed by atoms with E-state index in [0.717, 1.165) is 12.2 Å². The topological polar surface area (TPSA) is 40.7 Å². The van der Waals surface area contributed by atoms with E-state index in [1.807, 2.05) is 6.20 Å². The summed E-state index contributed by atoms with van der Waals surface area (Å²) in [6.45, 7) is 7.50. The van der Waals surface area contributed by atoms with Gasteiger partial charge in [-0.05, 0) is 12.8 Å². The van der Waals surface area contributed by atoms with E-state index in [1.165, 1.54) is 0 Å². The first-order valence-corrected chi connectivity index (χ1v) is 4.40. The molecule has 1 unspecified atom stereocenters. The summed E-state index contributed by atoms with van der Waals surface area (Å²) in [5.74, 6) is 0.674. The van der Waals surface area contributed by atoms with Gasteiger partial charge in [-0.1, -0.05) is 13.8 Å². The summed E-state index contributed by atoms with van der Waals surface area (Å²) in [5.41, 5.74) is 1.14. The number of nitrogens with one attached hydrogen (secondary N) is 2. The maximum atomic E-state index is 3.95. The van der Waals surface area contributed by atoms with Crippen LogP contribution in [0, 0.1) is 5.92 Å². The largest absolute Gasteiger partial charge is 0.347 e. The Morgan fingerprint density at radius 3 is 2.75 bits per heavy atom. The van der Waals surface area contributed by atoms with Gasteiger partial charge in [0.1, 0.15) is 0 Å². The van der Waals surface area contributed by atoms with Gasteiger partial charge in [-0.25, -0.2) is 4.98 Å². The third-order valence-electron chi connectivity index (χ3n) is 2.17. The molecule has 0 saturated carbocycles. The van der Waals surface area contributed by atoms with Crippen molar-refractivity contribution >= 4 is 0 Å². The van der Waals surface area contributed by atoms with Crippen LogP contribution >= 0.6 is 0 Å². The molecule has 0 aliphatic rings. The van der Waals surface area contributed by atoms with Crippen LogP contribution in [0.2, 0.25) is 0 Å². The molecule has 1 aromatic heterocycles. The maximum absolute atomic E-state index is 3.95. The molecule has 12 heavy (non-hydrogen) atoms. The Balaban J connectivity index is 2.27. The maximum Gasteiger partial charge on any atom is 0.0922 e. The standard InChI is InChI=1S/C9H17N3/c1-7(2)8(3)11-5-9-4-10-6-12-9/h4,6-8,11H,5H2,1-3H3,(H,10,12). The van der Waals surface area contributed by atoms with Crippen molar-refractivity contribution in [3.63, 3.8) is 0 Å². The molecular weight excluding hydrogens is 150 g/mol. The molecule has 0 amide bonds. The van der Waals surface area contributed by atoms with Gasteiger partial charge in [-0.15, -0.1) is 0 Å². The summed E-state index contributed by atoms with van der Waals surface area (Å²) in [5, 5.41) is 3.41. The van der Waals surface area contributed by atoms with Crippen molar-refractivity contribution in [3.05, 3.63) is 18.2 Å². The van der Waals surface area contributed by atoms with Crippen LogP contribution in [0.15, 0.2) is 12.5 Å². The SMILES string of the molecule is CC(C)C(C)NCc1cnc[nH]1. The van der Waals surface area contributed by atoms with E-state index in [1.54, 1.807) is 6.33 Å². The molecule has 1 atom stereocenters. The van der Waals surface area contributed by atoms with Gasteiger partial charge in [0.15, 0.2) is 0 Å². The quantitative estimate of drug-likeness (QED) is 0.714. The first kappa shape index (κ1) is 9.26. The molecule has 0 spiro atoms. The van der Waals surface area contributed by atoms with Crippen LogP contribution in [0.25, 0.3) is 0 Å². The minimum Gasteiger partial charge on any atom is -0.347 e. The van der Waals surface area contributed by atoms with Crippen molar-refractivity contribution < 1.29 is 0 Å². The number of H-pyrrole nitrogens is 1. The molecule has 0 aliphatic heterocycles. The number of aromatic amines is 1. The molecule has 0 fully saturated rings. The zero-order chi connectivity index (χ0) is 8.97. The number of hydrogen-bond acceptors (Lipinski definition) is 2. The predicted molar refractivity (Wildman–Crippen MR) is 49.7 cm³/mol. The summed E-state index contributed by atoms with van der Waals surface area (Å²) < 4.78 is 0. The van der Waals surface area contributed by atoms with Gasteiger partial charge in [0.25, 0.3) is 0 Å². The molecule has 1 aromatic rings. The molecule has 3 nitrogen and oxygen atoms in total. The van der Waals surface area contributed by atoms with Crippen LogP contribution in [0.4, 0.5) is 0 Å². The lowest BCUT2D eigenvalue weighted by molar-refractivity contribution is 0.424. The van der Waals surface area contributed by atoms with Gasteiger partial charge in [0.2, 0.25) is 0 Å². The minimum atomic E-state index is 0.549. The highest BCUT2D eigenvalue weighted by atomic mass is 15.0. The monoisotopic (exact) mass is 167 g/mol. The summed E-state index contributed by atoms with van der Waals surface area (Å²) >= 11 is 0. The van der Waals surface area contributed by atoms with E-state index in [0.29, 0.717) is 12.0 Å². The van der Waals surface area contributed by atoms with Gasteiger partial charge in [-0.2, -0.15) is 0 Å². The lowest BCUT2D eigenvalue weighted by Gasteiger charge is -2.16. The lowest BCUT2D eigenvalue weighted by atomic mass is 10.1. The molecule has 0 aliphatic carbocycles. The van der Waals surface area contributed by atoms with Crippen molar-refractivity contribution in [2.45, 2.75) is 33.4 Å². The van der Waals surface area contributed by atoms with E-state index < -0.39 is 0 Å². The van der Waals surface area contributed by atoms with Crippen LogP contribution in [0.1, 0.15) is 26.5 Å². The Morgan fingerprint density at radius 1 is 1.50 bits per heavy atom. The second kappa shape index (κ2) is 4.26. The van der Waals surface area contributed by atoms with Crippen LogP contribution < -0.4 is 5.32 Å². The van der Waals surface area contributed by atoms with Gasteiger partial charge in [-0.3, -0.25) is 0 Å². The fraction of sp³-hybridized carbons (Fsp3) is 0.667. The number of rotatable bonds is 4. The van der Waals surface area contributed by atoms with Gasteiger partial charge in [0, 0.05) is 24.5 Å². The first-order valence-electron chi connectivity index (χ1n) is 4.40. The fourth-order valence-electron chi connectivity index (χ4n) is 0.888. The van der Waals surface area contributed by atoms with E-state index in [4.69, 9.17) is 0 Å². The molecule has 0 radical (unpaired) electrons. The van der Waals surface area contributed by atoms with Crippen LogP contribution in [0.5, 0.6) is 0 Å². The second-order valence-corrected chi connectivity index (χ2v) is 3.49. The molecule has 68 valence electrons. The summed E-state index contributed by atoms with van der Waals surface area (Å²) in [7, 11) is 0. The fourth-order valence-corrected chi connectivity index (χ4v) is 0.888. The number of hydrogen-bond donors (Lipinski definition) is 2. The molecular formula is C9H17N3. The summed E-state index contributed by atoms with van der Waals surface area (Å²) in [6.07, 6.45) is 3.55. The molecule has 1 heterocycles. The summed E-state index contributed by atoms with van der Waals surface area (Å²) in [6, 6.07) is 0.549. The van der Waals surface area contributed by atoms with Crippen molar-refractivity contribution in [2.24, 2.45) is 5.92 Å². The Bertz CT molecular complexity index is 204. The Labute approximate surface area is 73.6 Å². The number of imidazole rings is 1. The van der Waals surface area contributed by atoms with Gasteiger partial charge >= 0.3 is 0 Å². The highest BCUT2D eigenvalue weighted by Crippen LogP contribution is 2.00. The normalized spacial score (nSPS) is 13.7. The zero-order valence-corrected chi connectivity index (χ0v) is 7.96. The van der Waals surface area contributed by atoms with Crippen molar-refractivity contribution in [3.8, 4) is 0 Å². The van der Waals surface area contributed by atoms with Crippen molar-refractivity contribution in [1.82, 2.24) is 15.3 Å². The Kier molecular flexibility index (Phi) is 3.29. The third kappa shape index (κ3) is 2.66. The van der Waals surface area contributed by atoms with Crippen molar-refractivity contribution in [2.75, 3.05) is 0 Å². The highest BCUT2D eigenvalue weighted by molar-refractivity contribution is 4.93. The molecule has 0 saturated heterocycles. The molecule has 1 rings (SSSR count). The predicted octanol–water partition coefficient (Wildman–Crippen LogP) is 1.54. The molecule has 3 heteroatoms. The van der Waals surface area contributed by atoms with E-state index >= 15 is 0 Å². The van der Waals surface area contributed by atoms with Crippen LogP contribution in [0.3, 0.4) is 0 Å². The number of nitrogens with zero attached hydrogens (tertiary/aromatic N) is 1. The van der Waals surface area contributed by atoms with E-state index in [9.17, 15) is 0 Å². The van der Waals surface area contributed by atoms with Crippen LogP contribution in [-0.2, 0) is 6.54 Å². The van der Waals surface area contributed by atoms with Gasteiger partial charge in [0.05, 0.1) is 6.33 Å². The Hall–Kier alpha value is -0.830. The smallest absolute Gasteiger partial charge is 0.0922 e. The minimum absolute atomic E-state index is 0.549. The van der Waals surface area contributed by atoms with E-state index in [2.05, 4.69) is 36.1 Å². The third-order valence-corrected chi connectivity index (χ3v) is 2.17. The number of aromatic nitrogens is 2. The lowest BCUT2D eigenvalue weighted by Crippen LogP contribution is -2.30. The van der Waals surface area contributed by atoms with E-state index in [-0.39, 0.29) is 0 Å². The van der Waals surface area contributed by atoms with Crippen LogP contribution in [-0.4, -0.2) is 16.0 Å². The zero-order valence-electron chi connectivity index (χ0n) is 7.96. The molecule has 0 aromatic carbocycles. The average molecular weight is 167 g/mol.